The van der Waals surface area contributed by atoms with Crippen LogP contribution in [0.3, 0.4) is 0 Å². The summed E-state index contributed by atoms with van der Waals surface area (Å²) < 4.78 is 1.80. The van der Waals surface area contributed by atoms with Gasteiger partial charge in [-0.25, -0.2) is 0 Å². The van der Waals surface area contributed by atoms with Gasteiger partial charge in [-0.15, -0.1) is 10.2 Å². The van der Waals surface area contributed by atoms with Gasteiger partial charge in [0.15, 0.2) is 11.0 Å². The summed E-state index contributed by atoms with van der Waals surface area (Å²) in [5.41, 5.74) is 4.62. The second-order valence-corrected chi connectivity index (χ2v) is 8.56. The summed E-state index contributed by atoms with van der Waals surface area (Å²) in [6.07, 6.45) is 0. The lowest BCUT2D eigenvalue weighted by Crippen LogP contribution is -2.28. The third kappa shape index (κ3) is 5.73. The van der Waals surface area contributed by atoms with Crippen molar-refractivity contribution < 1.29 is 9.59 Å². The number of nitrogens with zero attached hydrogens (tertiary/aromatic N) is 3. The highest BCUT2D eigenvalue weighted by molar-refractivity contribution is 7.99. The van der Waals surface area contributed by atoms with Crippen LogP contribution < -0.4 is 10.6 Å². The maximum Gasteiger partial charge on any atom is 0.251 e. The predicted molar refractivity (Wildman–Crippen MR) is 123 cm³/mol. The standard InChI is InChI=1S/C23H27N5O2S/c1-14-7-10-18(11-8-14)22(30)24-17(4)21-26-27-23(28(21)5)31-13-20(29)25-19-12-15(2)6-9-16(19)3/h6-12,17H,13H2,1-5H3,(H,24,30)(H,25,29)/t17-/m1/s1. The number of anilines is 1. The normalized spacial score (nSPS) is 11.8. The monoisotopic (exact) mass is 437 g/mol. The quantitative estimate of drug-likeness (QED) is 0.546. The van der Waals surface area contributed by atoms with E-state index in [1.54, 1.807) is 16.7 Å². The minimum absolute atomic E-state index is 0.107. The molecule has 162 valence electrons. The van der Waals surface area contributed by atoms with Gasteiger partial charge in [-0.2, -0.15) is 0 Å². The molecule has 8 heteroatoms. The number of thioether (sulfide) groups is 1. The van der Waals surface area contributed by atoms with Gasteiger partial charge in [0.1, 0.15) is 0 Å². The van der Waals surface area contributed by atoms with E-state index in [1.807, 2.05) is 65.1 Å². The van der Waals surface area contributed by atoms with E-state index in [9.17, 15) is 9.59 Å². The van der Waals surface area contributed by atoms with Gasteiger partial charge in [-0.3, -0.25) is 9.59 Å². The molecule has 0 saturated heterocycles. The number of hydrogen-bond donors (Lipinski definition) is 2. The molecule has 0 bridgehead atoms. The molecule has 1 heterocycles. The topological polar surface area (TPSA) is 88.9 Å². The van der Waals surface area contributed by atoms with E-state index >= 15 is 0 Å². The van der Waals surface area contributed by atoms with Crippen LogP contribution in [0.1, 0.15) is 45.8 Å². The van der Waals surface area contributed by atoms with Gasteiger partial charge in [0, 0.05) is 18.3 Å². The minimum atomic E-state index is -0.329. The number of nitrogens with one attached hydrogen (secondary N) is 2. The smallest absolute Gasteiger partial charge is 0.251 e. The highest BCUT2D eigenvalue weighted by Gasteiger charge is 2.19. The van der Waals surface area contributed by atoms with Crippen LogP contribution >= 0.6 is 11.8 Å². The Hall–Kier alpha value is -3.13. The van der Waals surface area contributed by atoms with E-state index in [2.05, 4.69) is 20.8 Å². The molecular weight excluding hydrogens is 410 g/mol. The third-order valence-electron chi connectivity index (χ3n) is 4.92. The molecule has 0 unspecified atom stereocenters. The zero-order chi connectivity index (χ0) is 22.5. The fraction of sp³-hybridized carbons (Fsp3) is 0.304. The van der Waals surface area contributed by atoms with E-state index in [-0.39, 0.29) is 23.6 Å². The molecule has 0 aliphatic rings. The first-order valence-electron chi connectivity index (χ1n) is 10.0. The molecule has 3 rings (SSSR count). The molecule has 7 nitrogen and oxygen atoms in total. The summed E-state index contributed by atoms with van der Waals surface area (Å²) >= 11 is 1.30. The maximum absolute atomic E-state index is 12.5. The van der Waals surface area contributed by atoms with E-state index in [4.69, 9.17) is 0 Å². The van der Waals surface area contributed by atoms with Gasteiger partial charge >= 0.3 is 0 Å². The molecule has 0 fully saturated rings. The molecule has 2 aromatic carbocycles. The first-order valence-corrected chi connectivity index (χ1v) is 11.0. The summed E-state index contributed by atoms with van der Waals surface area (Å²) in [5.74, 6) is 0.559. The highest BCUT2D eigenvalue weighted by Crippen LogP contribution is 2.21. The molecule has 2 N–H and O–H groups in total. The van der Waals surface area contributed by atoms with Crippen molar-refractivity contribution in [2.24, 2.45) is 7.05 Å². The van der Waals surface area contributed by atoms with Crippen LogP contribution in [0, 0.1) is 20.8 Å². The van der Waals surface area contributed by atoms with Gasteiger partial charge in [0.2, 0.25) is 5.91 Å². The summed E-state index contributed by atoms with van der Waals surface area (Å²) in [4.78, 5) is 24.9. The molecule has 0 spiro atoms. The van der Waals surface area contributed by atoms with Gasteiger partial charge in [-0.05, 0) is 57.0 Å². The minimum Gasteiger partial charge on any atom is -0.342 e. The number of aromatic nitrogens is 3. The molecular formula is C23H27N5O2S. The number of rotatable bonds is 7. The molecule has 2 amide bonds. The largest absolute Gasteiger partial charge is 0.342 e. The number of benzene rings is 2. The van der Waals surface area contributed by atoms with Crippen molar-refractivity contribution in [2.45, 2.75) is 38.9 Å². The zero-order valence-corrected chi connectivity index (χ0v) is 19.2. The van der Waals surface area contributed by atoms with Crippen molar-refractivity contribution in [1.82, 2.24) is 20.1 Å². The zero-order valence-electron chi connectivity index (χ0n) is 18.4. The number of carbonyl (C=O) groups excluding carboxylic acids is 2. The Labute approximate surface area is 186 Å². The average molecular weight is 438 g/mol. The van der Waals surface area contributed by atoms with E-state index in [0.29, 0.717) is 16.5 Å². The SMILES string of the molecule is Cc1ccc(C(=O)N[C@H](C)c2nnc(SCC(=O)Nc3cc(C)ccc3C)n2C)cc1. The number of carbonyl (C=O) groups is 2. The fourth-order valence-corrected chi connectivity index (χ4v) is 3.78. The lowest BCUT2D eigenvalue weighted by atomic mass is 10.1. The maximum atomic E-state index is 12.5. The van der Waals surface area contributed by atoms with Crippen LogP contribution in [-0.4, -0.2) is 32.3 Å². The van der Waals surface area contributed by atoms with E-state index in [0.717, 1.165) is 22.4 Å². The Morgan fingerprint density at radius 2 is 1.71 bits per heavy atom. The van der Waals surface area contributed by atoms with Gasteiger partial charge in [0.25, 0.3) is 5.91 Å². The second kappa shape index (κ2) is 9.78. The molecule has 3 aromatic rings. The number of aryl methyl sites for hydroxylation is 3. The number of hydrogen-bond acceptors (Lipinski definition) is 5. The van der Waals surface area contributed by atoms with Gasteiger partial charge in [0.05, 0.1) is 11.8 Å². The van der Waals surface area contributed by atoms with Crippen LogP contribution in [-0.2, 0) is 11.8 Å². The van der Waals surface area contributed by atoms with Gasteiger partial charge < -0.3 is 15.2 Å². The van der Waals surface area contributed by atoms with Crippen molar-refractivity contribution in [3.63, 3.8) is 0 Å². The Kier molecular flexibility index (Phi) is 7.12. The Morgan fingerprint density at radius 1 is 1.03 bits per heavy atom. The first-order chi connectivity index (χ1) is 14.7. The summed E-state index contributed by atoms with van der Waals surface area (Å²) in [5, 5.41) is 14.9. The Balaban J connectivity index is 1.59. The first kappa shape index (κ1) is 22.6. The van der Waals surface area contributed by atoms with Gasteiger partial charge in [-0.1, -0.05) is 41.6 Å². The van der Waals surface area contributed by atoms with Crippen molar-refractivity contribution in [3.05, 3.63) is 70.5 Å². The fourth-order valence-electron chi connectivity index (χ4n) is 3.07. The molecule has 0 aliphatic heterocycles. The van der Waals surface area contributed by atoms with Crippen LogP contribution in [0.15, 0.2) is 47.6 Å². The van der Waals surface area contributed by atoms with E-state index in [1.165, 1.54) is 11.8 Å². The second-order valence-electron chi connectivity index (χ2n) is 7.62. The summed E-state index contributed by atoms with van der Waals surface area (Å²) in [7, 11) is 1.83. The molecule has 0 radical (unpaired) electrons. The van der Waals surface area contributed by atoms with Crippen LogP contribution in [0.4, 0.5) is 5.69 Å². The lowest BCUT2D eigenvalue weighted by Gasteiger charge is -2.14. The van der Waals surface area contributed by atoms with E-state index < -0.39 is 0 Å². The average Bonchev–Trinajstić information content (AvgIpc) is 3.10. The Bertz CT molecular complexity index is 1090. The Morgan fingerprint density at radius 3 is 2.42 bits per heavy atom. The third-order valence-corrected chi connectivity index (χ3v) is 5.94. The lowest BCUT2D eigenvalue weighted by molar-refractivity contribution is -0.113. The van der Waals surface area contributed by atoms with Crippen molar-refractivity contribution in [3.8, 4) is 0 Å². The van der Waals surface area contributed by atoms with Crippen molar-refractivity contribution in [1.29, 1.82) is 0 Å². The molecule has 0 aliphatic carbocycles. The molecule has 1 aromatic heterocycles. The highest BCUT2D eigenvalue weighted by atomic mass is 32.2. The van der Waals surface area contributed by atoms with Crippen molar-refractivity contribution >= 4 is 29.3 Å². The van der Waals surface area contributed by atoms with Crippen LogP contribution in [0.2, 0.25) is 0 Å². The molecule has 31 heavy (non-hydrogen) atoms. The van der Waals surface area contributed by atoms with Crippen LogP contribution in [0.25, 0.3) is 0 Å². The predicted octanol–water partition coefficient (Wildman–Crippen LogP) is 3.96. The summed E-state index contributed by atoms with van der Waals surface area (Å²) in [6, 6.07) is 13.0. The van der Waals surface area contributed by atoms with Crippen molar-refractivity contribution in [2.75, 3.05) is 11.1 Å². The summed E-state index contributed by atoms with van der Waals surface area (Å²) in [6.45, 7) is 7.79. The number of amides is 2. The molecule has 0 saturated carbocycles. The molecule has 1 atom stereocenters. The van der Waals surface area contributed by atoms with Crippen LogP contribution in [0.5, 0.6) is 0 Å².